The lowest BCUT2D eigenvalue weighted by Gasteiger charge is -2.14. The second-order valence-electron chi connectivity index (χ2n) is 3.96. The molecule has 17 heavy (non-hydrogen) atoms. The molecule has 1 rings (SSSR count). The van der Waals surface area contributed by atoms with Gasteiger partial charge < -0.3 is 5.11 Å². The van der Waals surface area contributed by atoms with Gasteiger partial charge in [-0.1, -0.05) is 30.7 Å². The lowest BCUT2D eigenvalue weighted by Crippen LogP contribution is -2.14. The average Bonchev–Trinajstić information content (AvgIpc) is 2.32. The van der Waals surface area contributed by atoms with Crippen LogP contribution in [0.1, 0.15) is 24.8 Å². The van der Waals surface area contributed by atoms with Crippen molar-refractivity contribution < 1.29 is 13.5 Å². The van der Waals surface area contributed by atoms with Gasteiger partial charge in [0.2, 0.25) is 0 Å². The van der Waals surface area contributed by atoms with Crippen LogP contribution in [0.2, 0.25) is 5.02 Å². The zero-order valence-corrected chi connectivity index (χ0v) is 11.3. The fourth-order valence-corrected chi connectivity index (χ4v) is 2.62. The molecule has 0 saturated heterocycles. The summed E-state index contributed by atoms with van der Waals surface area (Å²) in [6.07, 6.45) is 0.439. The monoisotopic (exact) mass is 276 g/mol. The topological polar surface area (TPSA) is 54.4 Å². The zero-order valence-electron chi connectivity index (χ0n) is 9.77. The number of rotatable bonds is 6. The summed E-state index contributed by atoms with van der Waals surface area (Å²) in [5.41, 5.74) is 0.920. The number of sulfone groups is 1. The fourth-order valence-electron chi connectivity index (χ4n) is 1.56. The van der Waals surface area contributed by atoms with Crippen molar-refractivity contribution in [3.63, 3.8) is 0 Å². The van der Waals surface area contributed by atoms with Crippen LogP contribution in [0.5, 0.6) is 0 Å². The Bertz CT molecular complexity index is 439. The number of benzene rings is 1. The summed E-state index contributed by atoms with van der Waals surface area (Å²) in [6.45, 7) is 1.58. The third-order valence-corrected chi connectivity index (χ3v) is 4.77. The van der Waals surface area contributed by atoms with Crippen LogP contribution in [0.25, 0.3) is 0 Å². The maximum Gasteiger partial charge on any atom is 0.150 e. The molecule has 5 heteroatoms. The van der Waals surface area contributed by atoms with E-state index in [9.17, 15) is 13.5 Å². The highest BCUT2D eigenvalue weighted by Crippen LogP contribution is 2.21. The Hall–Kier alpha value is -0.580. The highest BCUT2D eigenvalue weighted by atomic mass is 35.5. The number of hydrogen-bond acceptors (Lipinski definition) is 3. The number of aliphatic hydroxyl groups is 1. The summed E-state index contributed by atoms with van der Waals surface area (Å²) in [6, 6.07) is 7.13. The van der Waals surface area contributed by atoms with Gasteiger partial charge in [-0.25, -0.2) is 8.42 Å². The van der Waals surface area contributed by atoms with Gasteiger partial charge in [0.1, 0.15) is 9.84 Å². The first kappa shape index (κ1) is 14.5. The Morgan fingerprint density at radius 3 is 2.35 bits per heavy atom. The van der Waals surface area contributed by atoms with Crippen molar-refractivity contribution in [2.24, 2.45) is 0 Å². The van der Waals surface area contributed by atoms with Crippen LogP contribution in [0.15, 0.2) is 24.3 Å². The van der Waals surface area contributed by atoms with Gasteiger partial charge in [0.15, 0.2) is 0 Å². The zero-order chi connectivity index (χ0) is 12.9. The second-order valence-corrected chi connectivity index (χ2v) is 6.87. The average molecular weight is 277 g/mol. The lowest BCUT2D eigenvalue weighted by molar-refractivity contribution is 0.262. The summed E-state index contributed by atoms with van der Waals surface area (Å²) in [4.78, 5) is 0. The van der Waals surface area contributed by atoms with Gasteiger partial charge in [-0.15, -0.1) is 0 Å². The van der Waals surface area contributed by atoms with Gasteiger partial charge >= 0.3 is 0 Å². The largest absolute Gasteiger partial charge is 0.396 e. The Kier molecular flexibility index (Phi) is 5.43. The summed E-state index contributed by atoms with van der Waals surface area (Å²) in [7, 11) is -2.98. The van der Waals surface area contributed by atoms with Gasteiger partial charge in [0, 0.05) is 23.3 Å². The van der Waals surface area contributed by atoms with Gasteiger partial charge in [-0.05, 0) is 24.1 Å². The van der Waals surface area contributed by atoms with Crippen LogP contribution in [-0.2, 0) is 9.84 Å². The molecule has 96 valence electrons. The normalized spacial score (nSPS) is 13.6. The Balaban J connectivity index is 2.69. The maximum atomic E-state index is 11.4. The van der Waals surface area contributed by atoms with E-state index in [1.54, 1.807) is 19.1 Å². The van der Waals surface area contributed by atoms with E-state index in [0.29, 0.717) is 11.4 Å². The van der Waals surface area contributed by atoms with Gasteiger partial charge in [-0.2, -0.15) is 0 Å². The quantitative estimate of drug-likeness (QED) is 0.867. The standard InChI is InChI=1S/C12H17ClO3S/c1-2-17(15,16)8-7-11(9-14)10-3-5-12(13)6-4-10/h3-6,11,14H,2,7-9H2,1H3. The highest BCUT2D eigenvalue weighted by molar-refractivity contribution is 7.91. The van der Waals surface area contributed by atoms with E-state index in [0.717, 1.165) is 5.56 Å². The minimum absolute atomic E-state index is 0.0547. The highest BCUT2D eigenvalue weighted by Gasteiger charge is 2.15. The van der Waals surface area contributed by atoms with Crippen molar-refractivity contribution in [2.75, 3.05) is 18.1 Å². The van der Waals surface area contributed by atoms with E-state index >= 15 is 0 Å². The number of aliphatic hydroxyl groups excluding tert-OH is 1. The SMILES string of the molecule is CCS(=O)(=O)CCC(CO)c1ccc(Cl)cc1. The summed E-state index contributed by atoms with van der Waals surface area (Å²) in [5.74, 6) is 0.108. The van der Waals surface area contributed by atoms with Crippen LogP contribution in [-0.4, -0.2) is 31.6 Å². The molecule has 1 aromatic carbocycles. The molecular formula is C12H17ClO3S. The van der Waals surface area contributed by atoms with Crippen molar-refractivity contribution in [1.82, 2.24) is 0 Å². The molecule has 1 unspecified atom stereocenters. The molecular weight excluding hydrogens is 260 g/mol. The smallest absolute Gasteiger partial charge is 0.150 e. The predicted molar refractivity (Wildman–Crippen MR) is 70.2 cm³/mol. The summed E-state index contributed by atoms with van der Waals surface area (Å²) < 4.78 is 22.8. The van der Waals surface area contributed by atoms with E-state index in [4.69, 9.17) is 11.6 Å². The molecule has 1 atom stereocenters. The third-order valence-electron chi connectivity index (χ3n) is 2.78. The van der Waals surface area contributed by atoms with Crippen molar-refractivity contribution in [1.29, 1.82) is 0 Å². The maximum absolute atomic E-state index is 11.4. The lowest BCUT2D eigenvalue weighted by atomic mass is 9.98. The first-order valence-electron chi connectivity index (χ1n) is 5.55. The molecule has 0 amide bonds. The van der Waals surface area contributed by atoms with E-state index in [1.165, 1.54) is 0 Å². The molecule has 0 bridgehead atoms. The third kappa shape index (κ3) is 4.66. The van der Waals surface area contributed by atoms with E-state index in [1.807, 2.05) is 12.1 Å². The summed E-state index contributed by atoms with van der Waals surface area (Å²) in [5, 5.41) is 9.92. The molecule has 1 aromatic rings. The number of hydrogen-bond donors (Lipinski definition) is 1. The number of halogens is 1. The minimum atomic E-state index is -2.98. The molecule has 0 aromatic heterocycles. The first-order valence-corrected chi connectivity index (χ1v) is 7.75. The van der Waals surface area contributed by atoms with Crippen LogP contribution >= 0.6 is 11.6 Å². The fraction of sp³-hybridized carbons (Fsp3) is 0.500. The molecule has 0 aliphatic heterocycles. The van der Waals surface area contributed by atoms with Crippen molar-refractivity contribution >= 4 is 21.4 Å². The van der Waals surface area contributed by atoms with Gasteiger partial charge in [0.05, 0.1) is 5.75 Å². The van der Waals surface area contributed by atoms with E-state index < -0.39 is 9.84 Å². The van der Waals surface area contributed by atoms with Gasteiger partial charge in [-0.3, -0.25) is 0 Å². The molecule has 0 aliphatic carbocycles. The van der Waals surface area contributed by atoms with Crippen LogP contribution in [0, 0.1) is 0 Å². The van der Waals surface area contributed by atoms with Crippen LogP contribution in [0.3, 0.4) is 0 Å². The molecule has 0 spiro atoms. The van der Waals surface area contributed by atoms with E-state index in [-0.39, 0.29) is 24.0 Å². The second kappa shape index (κ2) is 6.38. The molecule has 0 fully saturated rings. The van der Waals surface area contributed by atoms with E-state index in [2.05, 4.69) is 0 Å². The Morgan fingerprint density at radius 2 is 1.88 bits per heavy atom. The predicted octanol–water partition coefficient (Wildman–Crippen LogP) is 2.24. The molecule has 0 saturated carbocycles. The molecule has 0 aliphatic rings. The first-order chi connectivity index (χ1) is 7.98. The van der Waals surface area contributed by atoms with Crippen molar-refractivity contribution in [2.45, 2.75) is 19.3 Å². The van der Waals surface area contributed by atoms with Crippen LogP contribution in [0.4, 0.5) is 0 Å². The van der Waals surface area contributed by atoms with Crippen molar-refractivity contribution in [3.8, 4) is 0 Å². The molecule has 0 heterocycles. The Labute approximate surface area is 107 Å². The Morgan fingerprint density at radius 1 is 1.29 bits per heavy atom. The minimum Gasteiger partial charge on any atom is -0.396 e. The van der Waals surface area contributed by atoms with Gasteiger partial charge in [0.25, 0.3) is 0 Å². The molecule has 3 nitrogen and oxygen atoms in total. The molecule has 1 N–H and O–H groups in total. The molecule has 0 radical (unpaired) electrons. The van der Waals surface area contributed by atoms with Crippen molar-refractivity contribution in [3.05, 3.63) is 34.9 Å². The summed E-state index contributed by atoms with van der Waals surface area (Å²) >= 11 is 5.77. The van der Waals surface area contributed by atoms with Crippen LogP contribution < -0.4 is 0 Å².